The minimum absolute atomic E-state index is 0.0773. The number of aryl methyl sites for hydroxylation is 3. The number of benzene rings is 10. The highest BCUT2D eigenvalue weighted by Crippen LogP contribution is 2.47. The van der Waals surface area contributed by atoms with E-state index < -0.39 is 46.4 Å². The summed E-state index contributed by atoms with van der Waals surface area (Å²) in [6, 6.07) is 108. The number of hydrogen-bond acceptors (Lipinski definition) is 18. The Labute approximate surface area is 861 Å². The Morgan fingerprint density at radius 1 is 0.293 bits per heavy atom. The van der Waals surface area contributed by atoms with E-state index in [9.17, 15) is 29.3 Å². The lowest BCUT2D eigenvalue weighted by Crippen LogP contribution is -2.40. The Morgan fingerprint density at radius 3 is 0.887 bits per heavy atom. The number of nitro groups is 1. The summed E-state index contributed by atoms with van der Waals surface area (Å²) in [5, 5.41) is 17.1. The zero-order valence-corrected chi connectivity index (χ0v) is 82.0. The van der Waals surface area contributed by atoms with Crippen LogP contribution in [-0.2, 0) is 54.3 Å². The van der Waals surface area contributed by atoms with E-state index >= 15 is 0 Å². The summed E-state index contributed by atoms with van der Waals surface area (Å²) in [7, 11) is 2.63. The molecule has 150 heavy (non-hydrogen) atoms. The van der Waals surface area contributed by atoms with E-state index in [0.717, 1.165) is 184 Å². The number of non-ortho nitro benzene ring substituents is 1. The van der Waals surface area contributed by atoms with Gasteiger partial charge in [0.05, 0.1) is 99.8 Å². The predicted molar refractivity (Wildman–Crippen MR) is 589 cm³/mol. The number of nitro benzene ring substituents is 1. The van der Waals surface area contributed by atoms with Gasteiger partial charge in [-0.1, -0.05) is 224 Å². The number of anilines is 2. The second-order valence-electron chi connectivity index (χ2n) is 37.4. The molecule has 6 aliphatic rings. The highest BCUT2D eigenvalue weighted by Gasteiger charge is 2.44. The van der Waals surface area contributed by atoms with Gasteiger partial charge in [-0.25, -0.2) is 29.9 Å². The summed E-state index contributed by atoms with van der Waals surface area (Å²) in [4.78, 5) is 121. The number of nitrogens with one attached hydrogen (secondary N) is 6. The maximum Gasteiger partial charge on any atom is 0.309 e. The van der Waals surface area contributed by atoms with Crippen molar-refractivity contribution in [1.29, 1.82) is 0 Å². The highest BCUT2D eigenvalue weighted by molar-refractivity contribution is 6.05. The number of aromatic nitrogens is 12. The number of ether oxygens (including phenoxy) is 4. The fourth-order valence-corrected chi connectivity index (χ4v) is 20.8. The monoisotopic (exact) mass is 1970 g/mol. The van der Waals surface area contributed by atoms with Crippen LogP contribution in [0.3, 0.4) is 0 Å². The lowest BCUT2D eigenvalue weighted by atomic mass is 9.77. The smallest absolute Gasteiger partial charge is 0.309 e. The molecule has 25 nitrogen and oxygen atoms in total. The molecule has 730 valence electrons. The molecule has 12 heterocycles. The van der Waals surface area contributed by atoms with Crippen molar-refractivity contribution >= 4 is 134 Å². The number of amides is 2. The Balaban J connectivity index is 0.000000164. The molecule has 0 fully saturated rings. The molecule has 2 amide bonds. The quantitative estimate of drug-likeness (QED) is 0.0249. The van der Waals surface area contributed by atoms with Gasteiger partial charge in [-0.15, -0.1) is 0 Å². The average molecular weight is 1970 g/mol. The first-order valence-electron chi connectivity index (χ1n) is 49.4. The van der Waals surface area contributed by atoms with Crippen molar-refractivity contribution in [3.63, 3.8) is 0 Å². The van der Waals surface area contributed by atoms with Crippen molar-refractivity contribution in [1.82, 2.24) is 59.8 Å². The summed E-state index contributed by atoms with van der Waals surface area (Å²) in [6.07, 6.45) is 17.2. The summed E-state index contributed by atoms with van der Waals surface area (Å²) >= 11 is 0. The third-order valence-electron chi connectivity index (χ3n) is 27.9. The molecule has 18 aromatic rings. The molecule has 4 atom stereocenters. The maximum atomic E-state index is 14.1. The van der Waals surface area contributed by atoms with Crippen molar-refractivity contribution in [2.24, 2.45) is 23.7 Å². The highest BCUT2D eigenvalue weighted by atomic mass is 16.6. The van der Waals surface area contributed by atoms with Crippen molar-refractivity contribution in [2.75, 3.05) is 24.9 Å². The molecule has 16 bridgehead atoms. The Bertz CT molecular complexity index is 8860. The number of aromatic amines is 4. The van der Waals surface area contributed by atoms with Crippen molar-refractivity contribution < 1.29 is 43.0 Å². The van der Waals surface area contributed by atoms with Crippen LogP contribution < -0.4 is 20.1 Å². The number of rotatable bonds is 19. The zero-order chi connectivity index (χ0) is 102. The van der Waals surface area contributed by atoms with Crippen LogP contribution in [0.4, 0.5) is 17.1 Å². The van der Waals surface area contributed by atoms with E-state index in [2.05, 4.69) is 219 Å². The van der Waals surface area contributed by atoms with Gasteiger partial charge in [-0.05, 0) is 224 Å². The normalized spacial score (nSPS) is 14.5. The van der Waals surface area contributed by atoms with Crippen LogP contribution in [0.5, 0.6) is 23.3 Å². The molecule has 6 N–H and O–H groups in total. The first-order valence-corrected chi connectivity index (χ1v) is 49.4. The van der Waals surface area contributed by atoms with E-state index in [-0.39, 0.29) is 43.2 Å². The van der Waals surface area contributed by atoms with E-state index in [1.165, 1.54) is 38.5 Å². The van der Waals surface area contributed by atoms with Gasteiger partial charge in [0.25, 0.3) is 5.69 Å². The molecular weight excluding hydrogens is 1870 g/mol. The summed E-state index contributed by atoms with van der Waals surface area (Å²) < 4.78 is 23.8. The Kier molecular flexibility index (Phi) is 25.4. The standard InChI is InChI=1S/C63H49N7O4.C62H46N8O6/c1-37-22-24-43(25-23-37)66-61(71)45-35-47-56(36-46(45)63(72)73-3)64-38(2)65-62(47)74-44-21-13-20-42(34-44)60-54-32-30-52(69-54)58(40-16-9-5-10-17-40)50-28-26-48(67-50)57(39-14-7-4-8-15-39)49-27-29-51(68-49)59(41-18-11-6-12-19-41)53-31-33-55(60)70-53;1-36-63-55-35-44(60(71)65-41-20-22-42(23-21-41)70(73)74)45(62(72)75-2)34-46(55)61(64-36)76-43-24-18-40(19-25-43)59-53-32-30-51(68-53)57(38-14-8-4-9-15-38)49-28-26-47(66-49)56(37-12-6-3-7-13-37)48-27-29-50(67-48)58(39-16-10-5-11-17-39)52-31-33-54(59)69-52/h4-34,45-46,67,70H,35-36H2,1-3H3,(H,66,71);3-33,44-45,66,69H,34-35H2,1-2H3,(H,65,71). The number of carbonyl (C=O) groups excluding carboxylic acids is 4. The fourth-order valence-electron chi connectivity index (χ4n) is 20.8. The summed E-state index contributed by atoms with van der Waals surface area (Å²) in [5.74, 6) is -2.55. The van der Waals surface area contributed by atoms with Crippen LogP contribution in [-0.4, -0.2) is 103 Å². The molecule has 4 unspecified atom stereocenters. The second-order valence-corrected chi connectivity index (χ2v) is 37.4. The Hall–Kier alpha value is -19.6. The van der Waals surface area contributed by atoms with E-state index in [0.29, 0.717) is 62.9 Å². The summed E-state index contributed by atoms with van der Waals surface area (Å²) in [5.41, 5.74) is 33.2. The van der Waals surface area contributed by atoms with Gasteiger partial charge in [0.15, 0.2) is 0 Å². The first kappa shape index (κ1) is 94.0. The molecule has 0 radical (unpaired) electrons. The van der Waals surface area contributed by atoms with Gasteiger partial charge >= 0.3 is 11.9 Å². The number of hydrogen-bond donors (Lipinski definition) is 6. The summed E-state index contributed by atoms with van der Waals surface area (Å²) in [6.45, 7) is 5.53. The van der Waals surface area contributed by atoms with Crippen molar-refractivity contribution in [2.45, 2.75) is 46.5 Å². The van der Waals surface area contributed by atoms with Gasteiger partial charge in [0.2, 0.25) is 23.6 Å². The third kappa shape index (κ3) is 18.9. The molecule has 0 saturated heterocycles. The molecule has 25 heteroatoms. The number of esters is 2. The van der Waals surface area contributed by atoms with Gasteiger partial charge < -0.3 is 49.5 Å². The zero-order valence-electron chi connectivity index (χ0n) is 82.0. The van der Waals surface area contributed by atoms with E-state index in [1.54, 1.807) is 13.8 Å². The molecule has 10 aromatic carbocycles. The predicted octanol–water partition coefficient (Wildman–Crippen LogP) is 26.9. The number of carbonyl (C=O) groups is 4. The van der Waals surface area contributed by atoms with Gasteiger partial charge in [-0.3, -0.25) is 29.3 Å². The van der Waals surface area contributed by atoms with Crippen molar-refractivity contribution in [3.05, 3.63) is 423 Å². The lowest BCUT2D eigenvalue weighted by molar-refractivity contribution is -0.384. The fraction of sp³-hybridized carbons (Fsp3) is 0.104. The van der Waals surface area contributed by atoms with Crippen LogP contribution in [0.1, 0.15) is 85.3 Å². The lowest BCUT2D eigenvalue weighted by Gasteiger charge is -2.30. The molecular formula is C125H95N15O10. The SMILES string of the molecule is COC(=O)C1Cc2c(nc(C)nc2Oc2ccc(-c3c4nc(c(-c5ccccc5)c5ccc([nH]5)c(-c5ccccc5)c5nc(c(-c6ccccc6)c6ccc3[nH]6)C=C5)C=C4)cc2)CC1C(=O)Nc1ccc([N+](=O)[O-])cc1.COC(=O)C1Cc2nc(C)nc(Oc3cccc(-c4c5nc(c(-c6ccccc6)c6ccc([nH]6)c(-c6ccccc6)c6nc(c(-c7ccccc7)c7ccc4[nH]7)C=C6)C=C5)c3)c2CC1C(=O)Nc1ccc(C)cc1. The molecule has 0 saturated carbocycles. The van der Waals surface area contributed by atoms with Gasteiger partial charge in [-0.2, -0.15) is 9.97 Å². The van der Waals surface area contributed by atoms with E-state index in [1.807, 2.05) is 171 Å². The molecule has 4 aliphatic heterocycles. The second kappa shape index (κ2) is 40.6. The van der Waals surface area contributed by atoms with Gasteiger partial charge in [0, 0.05) is 136 Å². The largest absolute Gasteiger partial charge is 0.469 e. The minimum Gasteiger partial charge on any atom is -0.469 e. The maximum absolute atomic E-state index is 14.1. The topological polar surface area (TPSA) is 339 Å². The van der Waals surface area contributed by atoms with E-state index in [4.69, 9.17) is 58.8 Å². The average Bonchev–Trinajstić information content (AvgIpc) is 1.52. The molecule has 24 rings (SSSR count). The van der Waals surface area contributed by atoms with Gasteiger partial charge in [0.1, 0.15) is 23.1 Å². The Morgan fingerprint density at radius 2 is 0.567 bits per heavy atom. The van der Waals surface area contributed by atoms with Crippen LogP contribution in [0.25, 0.3) is 182 Å². The van der Waals surface area contributed by atoms with Crippen LogP contribution in [0.15, 0.2) is 328 Å². The minimum atomic E-state index is -0.889. The molecule has 8 aromatic heterocycles. The molecule has 2 aliphatic carbocycles. The van der Waals surface area contributed by atoms with Crippen molar-refractivity contribution in [3.8, 4) is 112 Å². The van der Waals surface area contributed by atoms with Crippen LogP contribution in [0, 0.1) is 54.6 Å². The molecule has 0 spiro atoms. The van der Waals surface area contributed by atoms with Crippen LogP contribution >= 0.6 is 0 Å². The third-order valence-corrected chi connectivity index (χ3v) is 27.9. The number of fused-ring (bicyclic) bond motifs is 18. The number of H-pyrrole nitrogens is 4. The van der Waals surface area contributed by atoms with Crippen LogP contribution in [0.2, 0.25) is 0 Å². The first-order chi connectivity index (χ1) is 73.4. The number of methoxy groups -OCH3 is 2. The number of nitrogens with zero attached hydrogens (tertiary/aromatic N) is 9.